The van der Waals surface area contributed by atoms with Crippen molar-refractivity contribution >= 4 is 45.8 Å². The Balaban J connectivity index is 1.42. The van der Waals surface area contributed by atoms with Gasteiger partial charge in [-0.25, -0.2) is 9.79 Å². The summed E-state index contributed by atoms with van der Waals surface area (Å²) in [5.74, 6) is 0.161. The van der Waals surface area contributed by atoms with E-state index in [1.807, 2.05) is 60.7 Å². The average molecular weight is 595 g/mol. The summed E-state index contributed by atoms with van der Waals surface area (Å²) < 4.78 is 13.7. The number of thiazole rings is 1. The number of nitrogens with zero attached hydrogens (tertiary/aromatic N) is 2. The molecule has 0 aliphatic carbocycles. The van der Waals surface area contributed by atoms with Crippen molar-refractivity contribution in [3.05, 3.63) is 144 Å². The first-order valence-corrected chi connectivity index (χ1v) is 14.8. The Labute approximate surface area is 251 Å². The number of carbonyl (C=O) groups is 1. The molecule has 6 rings (SSSR count). The predicted molar refractivity (Wildman–Crippen MR) is 167 cm³/mol. The number of ether oxygens (including phenoxy) is 2. The van der Waals surface area contributed by atoms with E-state index in [-0.39, 0.29) is 12.2 Å². The van der Waals surface area contributed by atoms with Crippen LogP contribution in [0.4, 0.5) is 0 Å². The van der Waals surface area contributed by atoms with Gasteiger partial charge in [0.1, 0.15) is 12.4 Å². The van der Waals surface area contributed by atoms with Gasteiger partial charge in [0.25, 0.3) is 5.56 Å². The molecule has 0 saturated carbocycles. The Hall–Kier alpha value is -4.46. The minimum Gasteiger partial charge on any atom is -0.488 e. The molecule has 0 spiro atoms. The molecule has 210 valence electrons. The second-order valence-corrected chi connectivity index (χ2v) is 11.3. The third-order valence-corrected chi connectivity index (χ3v) is 8.41. The lowest BCUT2D eigenvalue weighted by molar-refractivity contribution is -0.139. The first kappa shape index (κ1) is 27.7. The Bertz CT molecular complexity index is 2020. The Morgan fingerprint density at radius 3 is 2.55 bits per heavy atom. The number of esters is 1. The molecule has 1 aromatic heterocycles. The number of rotatable bonds is 7. The van der Waals surface area contributed by atoms with Crippen molar-refractivity contribution in [3.8, 4) is 5.75 Å². The molecule has 6 nitrogen and oxygen atoms in total. The molecule has 5 aromatic rings. The zero-order valence-electron chi connectivity index (χ0n) is 23.0. The van der Waals surface area contributed by atoms with E-state index in [0.29, 0.717) is 38.0 Å². The minimum absolute atomic E-state index is 0.211. The van der Waals surface area contributed by atoms with E-state index in [4.69, 9.17) is 21.1 Å². The van der Waals surface area contributed by atoms with Gasteiger partial charge in [-0.1, -0.05) is 95.7 Å². The smallest absolute Gasteiger partial charge is 0.338 e. The van der Waals surface area contributed by atoms with Gasteiger partial charge in [-0.05, 0) is 60.0 Å². The van der Waals surface area contributed by atoms with Crippen molar-refractivity contribution < 1.29 is 14.3 Å². The Kier molecular flexibility index (Phi) is 7.78. The van der Waals surface area contributed by atoms with Gasteiger partial charge in [-0.15, -0.1) is 0 Å². The maximum atomic E-state index is 14.0. The molecule has 42 heavy (non-hydrogen) atoms. The molecule has 0 radical (unpaired) electrons. The van der Waals surface area contributed by atoms with Crippen LogP contribution in [0.2, 0.25) is 5.02 Å². The largest absolute Gasteiger partial charge is 0.488 e. The van der Waals surface area contributed by atoms with Crippen LogP contribution in [-0.2, 0) is 16.1 Å². The van der Waals surface area contributed by atoms with Crippen molar-refractivity contribution in [2.45, 2.75) is 26.5 Å². The summed E-state index contributed by atoms with van der Waals surface area (Å²) in [7, 11) is 0. The number of carbonyl (C=O) groups excluding carboxylic acids is 1. The molecule has 8 heteroatoms. The molecule has 0 fully saturated rings. The zero-order chi connectivity index (χ0) is 29.2. The lowest BCUT2D eigenvalue weighted by Gasteiger charge is -2.24. The number of hydrogen-bond donors (Lipinski definition) is 0. The monoisotopic (exact) mass is 594 g/mol. The van der Waals surface area contributed by atoms with Crippen molar-refractivity contribution in [2.24, 2.45) is 4.99 Å². The first-order valence-electron chi connectivity index (χ1n) is 13.6. The van der Waals surface area contributed by atoms with Gasteiger partial charge in [0.05, 0.1) is 28.5 Å². The van der Waals surface area contributed by atoms with Crippen LogP contribution in [0.25, 0.3) is 16.8 Å². The van der Waals surface area contributed by atoms with Gasteiger partial charge >= 0.3 is 5.97 Å². The van der Waals surface area contributed by atoms with Crippen LogP contribution in [0, 0.1) is 0 Å². The summed E-state index contributed by atoms with van der Waals surface area (Å²) in [4.78, 5) is 32.2. The fourth-order valence-electron chi connectivity index (χ4n) is 5.20. The number of fused-ring (bicyclic) bond motifs is 2. The second-order valence-electron chi connectivity index (χ2n) is 9.82. The summed E-state index contributed by atoms with van der Waals surface area (Å²) in [5.41, 5.74) is 3.18. The molecule has 1 aliphatic heterocycles. The van der Waals surface area contributed by atoms with Crippen LogP contribution in [0.5, 0.6) is 5.75 Å². The van der Waals surface area contributed by atoms with Crippen LogP contribution in [-0.4, -0.2) is 17.1 Å². The number of allylic oxidation sites excluding steroid dienone is 1. The van der Waals surface area contributed by atoms with Crippen molar-refractivity contribution in [1.82, 2.24) is 4.57 Å². The van der Waals surface area contributed by atoms with Gasteiger partial charge in [0.15, 0.2) is 4.80 Å². The maximum Gasteiger partial charge on any atom is 0.338 e. The van der Waals surface area contributed by atoms with Crippen molar-refractivity contribution in [2.75, 3.05) is 6.61 Å². The first-order chi connectivity index (χ1) is 20.4. The number of para-hydroxylation sites is 1. The SMILES string of the molecule is CCOC(=O)C1=C(C)N=c2s/c(=C/c3ccccc3OCc3cccc4ccccc34)c(=O)n2[C@@H]1c1ccc(Cl)cc1. The van der Waals surface area contributed by atoms with Crippen LogP contribution in [0.3, 0.4) is 0 Å². The Morgan fingerprint density at radius 1 is 1.00 bits per heavy atom. The summed E-state index contributed by atoms with van der Waals surface area (Å²) in [6.07, 6.45) is 1.82. The van der Waals surface area contributed by atoms with Crippen molar-refractivity contribution in [1.29, 1.82) is 0 Å². The van der Waals surface area contributed by atoms with Crippen molar-refractivity contribution in [3.63, 3.8) is 0 Å². The maximum absolute atomic E-state index is 14.0. The van der Waals surface area contributed by atoms with E-state index in [2.05, 4.69) is 29.3 Å². The molecule has 2 heterocycles. The number of benzene rings is 4. The van der Waals surface area contributed by atoms with E-state index in [1.165, 1.54) is 11.3 Å². The molecule has 0 amide bonds. The molecule has 0 unspecified atom stereocenters. The highest BCUT2D eigenvalue weighted by Crippen LogP contribution is 2.31. The van der Waals surface area contributed by atoms with E-state index >= 15 is 0 Å². The fraction of sp³-hybridized carbons (Fsp3) is 0.147. The zero-order valence-corrected chi connectivity index (χ0v) is 24.6. The molecule has 4 aromatic carbocycles. The normalized spacial score (nSPS) is 14.9. The predicted octanol–water partition coefficient (Wildman–Crippen LogP) is 6.18. The second kappa shape index (κ2) is 11.8. The third-order valence-electron chi connectivity index (χ3n) is 7.17. The molecule has 1 atom stereocenters. The van der Waals surface area contributed by atoms with Crippen LogP contribution < -0.4 is 19.6 Å². The van der Waals surface area contributed by atoms with E-state index in [0.717, 1.165) is 27.5 Å². The Morgan fingerprint density at radius 2 is 1.74 bits per heavy atom. The number of hydrogen-bond acceptors (Lipinski definition) is 6. The van der Waals surface area contributed by atoms with Gasteiger partial charge < -0.3 is 9.47 Å². The summed E-state index contributed by atoms with van der Waals surface area (Å²) >= 11 is 7.43. The summed E-state index contributed by atoms with van der Waals surface area (Å²) in [6, 6.07) is 28.4. The highest BCUT2D eigenvalue weighted by Gasteiger charge is 2.33. The van der Waals surface area contributed by atoms with E-state index in [1.54, 1.807) is 30.5 Å². The topological polar surface area (TPSA) is 69.9 Å². The molecule has 0 saturated heterocycles. The number of aromatic nitrogens is 1. The quantitative estimate of drug-likeness (QED) is 0.211. The van der Waals surface area contributed by atoms with Gasteiger partial charge in [-0.3, -0.25) is 9.36 Å². The van der Waals surface area contributed by atoms with Gasteiger partial charge in [0, 0.05) is 10.6 Å². The molecular formula is C34H27ClN2O4S. The van der Waals surface area contributed by atoms with Crippen LogP contribution in [0.15, 0.2) is 112 Å². The van der Waals surface area contributed by atoms with Crippen LogP contribution >= 0.6 is 22.9 Å². The standard InChI is InChI=1S/C34H27ClN2O4S/c1-3-40-33(39)30-21(2)36-34-37(31(30)23-15-17-26(35)18-16-23)32(38)29(42-34)19-24-10-5-7-14-28(24)41-20-25-12-8-11-22-9-4-6-13-27(22)25/h4-19,31H,3,20H2,1-2H3/b29-19+/t31-/m1/s1. The van der Waals surface area contributed by atoms with Gasteiger partial charge in [-0.2, -0.15) is 0 Å². The molecule has 1 aliphatic rings. The van der Waals surface area contributed by atoms with E-state index < -0.39 is 12.0 Å². The minimum atomic E-state index is -0.697. The fourth-order valence-corrected chi connectivity index (χ4v) is 6.36. The highest BCUT2D eigenvalue weighted by atomic mass is 35.5. The molecule has 0 bridgehead atoms. The number of halogens is 1. The van der Waals surface area contributed by atoms with Gasteiger partial charge in [0.2, 0.25) is 0 Å². The highest BCUT2D eigenvalue weighted by molar-refractivity contribution is 7.07. The van der Waals surface area contributed by atoms with E-state index in [9.17, 15) is 9.59 Å². The summed E-state index contributed by atoms with van der Waals surface area (Å²) in [6.45, 7) is 4.11. The molecule has 0 N–H and O–H groups in total. The third kappa shape index (κ3) is 5.29. The average Bonchev–Trinajstić information content (AvgIpc) is 3.30. The summed E-state index contributed by atoms with van der Waals surface area (Å²) in [5, 5.41) is 2.85. The lowest BCUT2D eigenvalue weighted by atomic mass is 9.96. The van der Waals surface area contributed by atoms with Crippen LogP contribution in [0.1, 0.15) is 36.6 Å². The molecular weight excluding hydrogens is 568 g/mol. The lowest BCUT2D eigenvalue weighted by Crippen LogP contribution is -2.39.